The minimum atomic E-state index is 0.424. The molecule has 8 nitrogen and oxygen atoms in total. The van der Waals surface area contributed by atoms with E-state index in [0.29, 0.717) is 42.6 Å². The molecule has 0 bridgehead atoms. The molecule has 2 N–H and O–H groups in total. The molecule has 32 heavy (non-hydrogen) atoms. The maximum Gasteiger partial charge on any atom is 0.229 e. The first-order chi connectivity index (χ1) is 15.6. The Hall–Kier alpha value is -3.26. The molecule has 2 aliphatic rings. The van der Waals surface area contributed by atoms with Gasteiger partial charge in [0.1, 0.15) is 5.82 Å². The van der Waals surface area contributed by atoms with E-state index in [1.807, 2.05) is 12.1 Å². The second-order valence-corrected chi connectivity index (χ2v) is 8.34. The van der Waals surface area contributed by atoms with Crippen molar-refractivity contribution >= 4 is 34.0 Å². The average molecular weight is 436 g/mol. The SMILES string of the molecule is COc1cc2nc(Nc3ccc4c(c3)C(C)C(C)N4)nc(N3CCOCC3)c2cc1OC. The number of nitrogens with zero attached hydrogens (tertiary/aromatic N) is 3. The van der Waals surface area contributed by atoms with Gasteiger partial charge in [-0.3, -0.25) is 0 Å². The zero-order valence-electron chi connectivity index (χ0n) is 18.9. The van der Waals surface area contributed by atoms with Gasteiger partial charge in [-0.25, -0.2) is 4.98 Å². The maximum absolute atomic E-state index is 5.55. The molecule has 5 rings (SSSR count). The van der Waals surface area contributed by atoms with Gasteiger partial charge >= 0.3 is 0 Å². The highest BCUT2D eigenvalue weighted by molar-refractivity contribution is 5.93. The highest BCUT2D eigenvalue weighted by Crippen LogP contribution is 2.39. The Morgan fingerprint density at radius 3 is 2.53 bits per heavy atom. The van der Waals surface area contributed by atoms with Gasteiger partial charge in [0.2, 0.25) is 5.95 Å². The first-order valence-corrected chi connectivity index (χ1v) is 11.0. The summed E-state index contributed by atoms with van der Waals surface area (Å²) in [4.78, 5) is 12.0. The summed E-state index contributed by atoms with van der Waals surface area (Å²) in [5.41, 5.74) is 4.27. The van der Waals surface area contributed by atoms with Crippen molar-refractivity contribution in [2.75, 3.05) is 56.1 Å². The summed E-state index contributed by atoms with van der Waals surface area (Å²) in [5, 5.41) is 7.89. The number of anilines is 4. The number of benzene rings is 2. The van der Waals surface area contributed by atoms with E-state index >= 15 is 0 Å². The molecule has 168 valence electrons. The largest absolute Gasteiger partial charge is 0.493 e. The minimum absolute atomic E-state index is 0.424. The molecule has 3 aromatic rings. The number of morpholine rings is 1. The van der Waals surface area contributed by atoms with Crippen LogP contribution < -0.4 is 25.0 Å². The van der Waals surface area contributed by atoms with Gasteiger partial charge in [0.05, 0.1) is 33.0 Å². The van der Waals surface area contributed by atoms with Crippen LogP contribution >= 0.6 is 0 Å². The molecule has 2 unspecified atom stereocenters. The van der Waals surface area contributed by atoms with Gasteiger partial charge in [-0.05, 0) is 36.8 Å². The van der Waals surface area contributed by atoms with Gasteiger partial charge in [-0.1, -0.05) is 6.92 Å². The number of ether oxygens (including phenoxy) is 3. The maximum atomic E-state index is 5.55. The predicted octanol–water partition coefficient (Wildman–Crippen LogP) is 4.14. The number of fused-ring (bicyclic) bond motifs is 2. The molecule has 1 fully saturated rings. The van der Waals surface area contributed by atoms with Crippen molar-refractivity contribution in [3.05, 3.63) is 35.9 Å². The van der Waals surface area contributed by atoms with Crippen molar-refractivity contribution in [2.24, 2.45) is 0 Å². The van der Waals surface area contributed by atoms with E-state index in [2.05, 4.69) is 47.6 Å². The smallest absolute Gasteiger partial charge is 0.229 e. The summed E-state index contributed by atoms with van der Waals surface area (Å²) >= 11 is 0. The van der Waals surface area contributed by atoms with Crippen LogP contribution in [0.25, 0.3) is 10.9 Å². The zero-order valence-corrected chi connectivity index (χ0v) is 18.9. The number of methoxy groups -OCH3 is 2. The summed E-state index contributed by atoms with van der Waals surface area (Å²) in [6.45, 7) is 7.36. The fraction of sp³-hybridized carbons (Fsp3) is 0.417. The highest BCUT2D eigenvalue weighted by atomic mass is 16.5. The quantitative estimate of drug-likeness (QED) is 0.619. The summed E-state index contributed by atoms with van der Waals surface area (Å²) < 4.78 is 16.6. The first kappa shape index (κ1) is 20.6. The Balaban J connectivity index is 1.57. The van der Waals surface area contributed by atoms with Gasteiger partial charge in [0.25, 0.3) is 0 Å². The molecule has 2 atom stereocenters. The Labute approximate surface area is 187 Å². The van der Waals surface area contributed by atoms with E-state index in [1.54, 1.807) is 14.2 Å². The third-order valence-corrected chi connectivity index (χ3v) is 6.42. The Morgan fingerprint density at radius 2 is 1.78 bits per heavy atom. The van der Waals surface area contributed by atoms with Gasteiger partial charge in [0.15, 0.2) is 11.5 Å². The van der Waals surface area contributed by atoms with Crippen molar-refractivity contribution in [1.82, 2.24) is 9.97 Å². The lowest BCUT2D eigenvalue weighted by atomic mass is 9.98. The predicted molar refractivity (Wildman–Crippen MR) is 127 cm³/mol. The average Bonchev–Trinajstić information content (AvgIpc) is 3.11. The fourth-order valence-corrected chi connectivity index (χ4v) is 4.43. The molecule has 0 amide bonds. The topological polar surface area (TPSA) is 80.8 Å². The molecule has 1 saturated heterocycles. The second kappa shape index (κ2) is 8.35. The molecule has 8 heteroatoms. The third-order valence-electron chi connectivity index (χ3n) is 6.42. The molecule has 2 aliphatic heterocycles. The molecule has 2 aromatic carbocycles. The molecule has 0 radical (unpaired) electrons. The van der Waals surface area contributed by atoms with E-state index < -0.39 is 0 Å². The van der Waals surface area contributed by atoms with Crippen LogP contribution in [-0.2, 0) is 4.74 Å². The minimum Gasteiger partial charge on any atom is -0.493 e. The van der Waals surface area contributed by atoms with Crippen molar-refractivity contribution in [3.63, 3.8) is 0 Å². The Morgan fingerprint density at radius 1 is 1.03 bits per heavy atom. The van der Waals surface area contributed by atoms with Crippen LogP contribution in [0.2, 0.25) is 0 Å². The summed E-state index contributed by atoms with van der Waals surface area (Å²) in [6, 6.07) is 10.6. The zero-order chi connectivity index (χ0) is 22.2. The highest BCUT2D eigenvalue weighted by Gasteiger charge is 2.25. The van der Waals surface area contributed by atoms with Crippen molar-refractivity contribution in [1.29, 1.82) is 0 Å². The van der Waals surface area contributed by atoms with Gasteiger partial charge < -0.3 is 29.7 Å². The lowest BCUT2D eigenvalue weighted by Crippen LogP contribution is -2.37. The van der Waals surface area contributed by atoms with Gasteiger partial charge in [-0.15, -0.1) is 0 Å². The van der Waals surface area contributed by atoms with E-state index in [0.717, 1.165) is 35.5 Å². The Kier molecular flexibility index (Phi) is 5.38. The van der Waals surface area contributed by atoms with Gasteiger partial charge in [-0.2, -0.15) is 4.98 Å². The van der Waals surface area contributed by atoms with E-state index in [9.17, 15) is 0 Å². The summed E-state index contributed by atoms with van der Waals surface area (Å²) in [6.07, 6.45) is 0. The van der Waals surface area contributed by atoms with Crippen molar-refractivity contribution in [3.8, 4) is 11.5 Å². The molecule has 1 aromatic heterocycles. The molecular formula is C24H29N5O3. The molecule has 3 heterocycles. The number of rotatable bonds is 5. The summed E-state index contributed by atoms with van der Waals surface area (Å²) in [7, 11) is 3.27. The standard InChI is InChI=1S/C24H29N5O3/c1-14-15(2)25-19-6-5-16(11-17(14)19)26-24-27-20-13-22(31-4)21(30-3)12-18(20)23(28-24)29-7-9-32-10-8-29/h5-6,11-15,25H,7-10H2,1-4H3,(H,26,27,28). The van der Waals surface area contributed by atoms with E-state index in [4.69, 9.17) is 24.2 Å². The van der Waals surface area contributed by atoms with Gasteiger partial charge in [0, 0.05) is 47.9 Å². The third kappa shape index (κ3) is 3.64. The molecule has 0 spiro atoms. The summed E-state index contributed by atoms with van der Waals surface area (Å²) in [5.74, 6) is 3.17. The number of hydrogen-bond donors (Lipinski definition) is 2. The number of aromatic nitrogens is 2. The van der Waals surface area contributed by atoms with Crippen LogP contribution in [0.15, 0.2) is 30.3 Å². The van der Waals surface area contributed by atoms with Crippen LogP contribution in [0.5, 0.6) is 11.5 Å². The lowest BCUT2D eigenvalue weighted by molar-refractivity contribution is 0.122. The normalized spacial score (nSPS) is 20.1. The number of hydrogen-bond acceptors (Lipinski definition) is 8. The van der Waals surface area contributed by atoms with Crippen molar-refractivity contribution in [2.45, 2.75) is 25.8 Å². The van der Waals surface area contributed by atoms with Crippen molar-refractivity contribution < 1.29 is 14.2 Å². The molecular weight excluding hydrogens is 406 g/mol. The molecule has 0 aliphatic carbocycles. The number of nitrogens with one attached hydrogen (secondary N) is 2. The van der Waals surface area contributed by atoms with E-state index in [-0.39, 0.29) is 0 Å². The molecule has 0 saturated carbocycles. The second-order valence-electron chi connectivity index (χ2n) is 8.34. The lowest BCUT2D eigenvalue weighted by Gasteiger charge is -2.29. The van der Waals surface area contributed by atoms with Crippen LogP contribution in [0.3, 0.4) is 0 Å². The van der Waals surface area contributed by atoms with Crippen LogP contribution in [-0.4, -0.2) is 56.5 Å². The Bertz CT molecular complexity index is 1150. The first-order valence-electron chi connectivity index (χ1n) is 11.0. The monoisotopic (exact) mass is 435 g/mol. The van der Waals surface area contributed by atoms with Crippen LogP contribution in [0.1, 0.15) is 25.3 Å². The van der Waals surface area contributed by atoms with Crippen LogP contribution in [0, 0.1) is 0 Å². The van der Waals surface area contributed by atoms with Crippen LogP contribution in [0.4, 0.5) is 23.1 Å². The van der Waals surface area contributed by atoms with E-state index in [1.165, 1.54) is 11.3 Å². The fourth-order valence-electron chi connectivity index (χ4n) is 4.43.